The summed E-state index contributed by atoms with van der Waals surface area (Å²) in [6.45, 7) is 4.22. The van der Waals surface area contributed by atoms with E-state index >= 15 is 0 Å². The second-order valence-electron chi connectivity index (χ2n) is 3.91. The minimum atomic E-state index is 0.940. The van der Waals surface area contributed by atoms with Crippen molar-refractivity contribution < 1.29 is 0 Å². The highest BCUT2D eigenvalue weighted by Crippen LogP contribution is 2.24. The van der Waals surface area contributed by atoms with E-state index in [-0.39, 0.29) is 0 Å². The van der Waals surface area contributed by atoms with E-state index in [1.807, 2.05) is 10.7 Å². The van der Waals surface area contributed by atoms with Gasteiger partial charge in [-0.2, -0.15) is 5.10 Å². The van der Waals surface area contributed by atoms with E-state index in [2.05, 4.69) is 42.1 Å². The van der Waals surface area contributed by atoms with Crippen LogP contribution < -0.4 is 0 Å². The van der Waals surface area contributed by atoms with Crippen LogP contribution in [-0.4, -0.2) is 14.6 Å². The molecule has 0 aliphatic heterocycles. The molecule has 0 radical (unpaired) electrons. The Bertz CT molecular complexity index is 623. The predicted octanol–water partition coefficient (Wildman–Crippen LogP) is 3.07. The molecule has 0 aliphatic carbocycles. The van der Waals surface area contributed by atoms with Gasteiger partial charge in [0, 0.05) is 5.56 Å². The summed E-state index contributed by atoms with van der Waals surface area (Å²) in [7, 11) is 0. The fraction of sp³-hybridized carbons (Fsp3) is 0.167. The van der Waals surface area contributed by atoms with E-state index in [1.165, 1.54) is 16.7 Å². The van der Waals surface area contributed by atoms with Gasteiger partial charge in [0.2, 0.25) is 4.96 Å². The number of hydrogen-bond donors (Lipinski definition) is 0. The Morgan fingerprint density at radius 2 is 2.12 bits per heavy atom. The van der Waals surface area contributed by atoms with Crippen LogP contribution in [0.3, 0.4) is 0 Å². The maximum atomic E-state index is 4.55. The summed E-state index contributed by atoms with van der Waals surface area (Å²) in [5.74, 6) is 0. The zero-order valence-electron chi connectivity index (χ0n) is 9.14. The maximum absolute atomic E-state index is 4.55. The van der Waals surface area contributed by atoms with Crippen LogP contribution in [0.15, 0.2) is 29.9 Å². The molecule has 80 valence electrons. The highest BCUT2D eigenvalue weighted by molar-refractivity contribution is 7.14. The van der Waals surface area contributed by atoms with Crippen molar-refractivity contribution in [2.45, 2.75) is 13.8 Å². The molecular formula is C12H11N3S. The summed E-state index contributed by atoms with van der Waals surface area (Å²) >= 11 is 1.55. The first kappa shape index (κ1) is 9.54. The summed E-state index contributed by atoms with van der Waals surface area (Å²) in [6.07, 6.45) is 1.98. The van der Waals surface area contributed by atoms with E-state index in [1.54, 1.807) is 16.8 Å². The Kier molecular flexibility index (Phi) is 2.04. The van der Waals surface area contributed by atoms with Gasteiger partial charge in [-0.25, -0.2) is 9.50 Å². The summed E-state index contributed by atoms with van der Waals surface area (Å²) < 4.78 is 1.82. The van der Waals surface area contributed by atoms with Gasteiger partial charge in [0.25, 0.3) is 0 Å². The molecule has 0 bridgehead atoms. The van der Waals surface area contributed by atoms with Crippen LogP contribution in [0.4, 0.5) is 0 Å². The van der Waals surface area contributed by atoms with Crippen molar-refractivity contribution in [3.8, 4) is 11.3 Å². The Morgan fingerprint density at radius 1 is 1.25 bits per heavy atom. The number of fused-ring (bicyclic) bond motifs is 1. The molecule has 0 aliphatic rings. The molecule has 16 heavy (non-hydrogen) atoms. The molecule has 0 spiro atoms. The molecule has 1 aromatic carbocycles. The van der Waals surface area contributed by atoms with Gasteiger partial charge in [-0.05, 0) is 19.4 Å². The quantitative estimate of drug-likeness (QED) is 0.642. The van der Waals surface area contributed by atoms with Crippen LogP contribution >= 0.6 is 11.3 Å². The molecule has 0 fully saturated rings. The van der Waals surface area contributed by atoms with Gasteiger partial charge < -0.3 is 0 Å². The Balaban J connectivity index is 2.19. The molecule has 0 N–H and O–H groups in total. The summed E-state index contributed by atoms with van der Waals surface area (Å²) in [5, 5.41) is 4.18. The molecular weight excluding hydrogens is 218 g/mol. The van der Waals surface area contributed by atoms with E-state index < -0.39 is 0 Å². The van der Waals surface area contributed by atoms with Crippen LogP contribution in [0.1, 0.15) is 11.1 Å². The van der Waals surface area contributed by atoms with Crippen LogP contribution in [0.5, 0.6) is 0 Å². The highest BCUT2D eigenvalue weighted by atomic mass is 32.1. The minimum absolute atomic E-state index is 0.940. The second kappa shape index (κ2) is 3.42. The molecule has 0 amide bonds. The summed E-state index contributed by atoms with van der Waals surface area (Å²) in [6, 6.07) is 6.41. The summed E-state index contributed by atoms with van der Waals surface area (Å²) in [4.78, 5) is 5.49. The molecule has 0 saturated heterocycles. The fourth-order valence-electron chi connectivity index (χ4n) is 1.87. The Morgan fingerprint density at radius 3 is 2.88 bits per heavy atom. The average molecular weight is 229 g/mol. The van der Waals surface area contributed by atoms with Gasteiger partial charge in [-0.15, -0.1) is 0 Å². The van der Waals surface area contributed by atoms with Gasteiger partial charge in [0.05, 0.1) is 11.9 Å². The zero-order valence-corrected chi connectivity index (χ0v) is 9.95. The van der Waals surface area contributed by atoms with Crippen molar-refractivity contribution >= 4 is 16.3 Å². The van der Waals surface area contributed by atoms with Gasteiger partial charge in [0.1, 0.15) is 5.51 Å². The van der Waals surface area contributed by atoms with E-state index in [0.29, 0.717) is 0 Å². The largest absolute Gasteiger partial charge is 0.217 e. The van der Waals surface area contributed by atoms with Crippen molar-refractivity contribution in [1.82, 2.24) is 14.6 Å². The molecule has 0 saturated carbocycles. The number of aromatic nitrogens is 3. The van der Waals surface area contributed by atoms with Crippen molar-refractivity contribution in [3.05, 3.63) is 41.0 Å². The van der Waals surface area contributed by atoms with Crippen LogP contribution in [-0.2, 0) is 0 Å². The van der Waals surface area contributed by atoms with Crippen molar-refractivity contribution in [2.24, 2.45) is 0 Å². The van der Waals surface area contributed by atoms with Gasteiger partial charge in [-0.3, -0.25) is 0 Å². The standard InChI is InChI=1S/C12H11N3S/c1-8-3-4-10(9(2)5-8)11-6-15-12(14-11)16-7-13-15/h3-7H,1-2H3. The average Bonchev–Trinajstić information content (AvgIpc) is 2.76. The lowest BCUT2D eigenvalue weighted by Crippen LogP contribution is -1.84. The zero-order chi connectivity index (χ0) is 11.1. The summed E-state index contributed by atoms with van der Waals surface area (Å²) in [5.41, 5.74) is 6.51. The van der Waals surface area contributed by atoms with Crippen LogP contribution in [0, 0.1) is 13.8 Å². The molecule has 4 heteroatoms. The number of aryl methyl sites for hydroxylation is 2. The Labute approximate surface area is 97.4 Å². The van der Waals surface area contributed by atoms with Gasteiger partial charge in [-0.1, -0.05) is 35.1 Å². The number of imidazole rings is 1. The highest BCUT2D eigenvalue weighted by Gasteiger charge is 2.08. The second-order valence-corrected chi connectivity index (χ2v) is 4.72. The first-order valence-corrected chi connectivity index (χ1v) is 5.98. The molecule has 3 nitrogen and oxygen atoms in total. The molecule has 3 rings (SSSR count). The van der Waals surface area contributed by atoms with Gasteiger partial charge >= 0.3 is 0 Å². The normalized spacial score (nSPS) is 11.1. The third-order valence-corrected chi connectivity index (χ3v) is 3.33. The molecule has 2 aromatic heterocycles. The van der Waals surface area contributed by atoms with E-state index in [4.69, 9.17) is 0 Å². The predicted molar refractivity (Wildman–Crippen MR) is 65.8 cm³/mol. The number of nitrogens with zero attached hydrogens (tertiary/aromatic N) is 3. The van der Waals surface area contributed by atoms with Gasteiger partial charge in [0.15, 0.2) is 0 Å². The smallest absolute Gasteiger partial charge is 0.212 e. The maximum Gasteiger partial charge on any atom is 0.212 e. The topological polar surface area (TPSA) is 30.2 Å². The lowest BCUT2D eigenvalue weighted by Gasteiger charge is -2.02. The molecule has 2 heterocycles. The Hall–Kier alpha value is -1.68. The van der Waals surface area contributed by atoms with Crippen LogP contribution in [0.2, 0.25) is 0 Å². The number of benzene rings is 1. The molecule has 0 atom stereocenters. The molecule has 3 aromatic rings. The van der Waals surface area contributed by atoms with Crippen molar-refractivity contribution in [2.75, 3.05) is 0 Å². The van der Waals surface area contributed by atoms with E-state index in [0.717, 1.165) is 10.7 Å². The number of hydrogen-bond acceptors (Lipinski definition) is 3. The minimum Gasteiger partial charge on any atom is -0.217 e. The van der Waals surface area contributed by atoms with Crippen LogP contribution in [0.25, 0.3) is 16.2 Å². The third-order valence-electron chi connectivity index (χ3n) is 2.64. The van der Waals surface area contributed by atoms with Crippen molar-refractivity contribution in [1.29, 1.82) is 0 Å². The van der Waals surface area contributed by atoms with E-state index in [9.17, 15) is 0 Å². The first-order valence-electron chi connectivity index (χ1n) is 5.10. The lowest BCUT2D eigenvalue weighted by atomic mass is 10.0. The number of rotatable bonds is 1. The lowest BCUT2D eigenvalue weighted by molar-refractivity contribution is 0.974. The van der Waals surface area contributed by atoms with Crippen molar-refractivity contribution in [3.63, 3.8) is 0 Å². The fourth-order valence-corrected chi connectivity index (χ4v) is 2.47. The first-order chi connectivity index (χ1) is 7.74. The SMILES string of the molecule is Cc1ccc(-c2cn3ncsc3n2)c(C)c1. The third kappa shape index (κ3) is 1.42. The monoisotopic (exact) mass is 229 g/mol. The molecule has 0 unspecified atom stereocenters.